The summed E-state index contributed by atoms with van der Waals surface area (Å²) in [5.41, 5.74) is 2.56. The summed E-state index contributed by atoms with van der Waals surface area (Å²) in [6.45, 7) is 9.92. The van der Waals surface area contributed by atoms with Crippen LogP contribution in [0.5, 0.6) is 0 Å². The highest BCUT2D eigenvalue weighted by Gasteiger charge is 2.18. The van der Waals surface area contributed by atoms with E-state index in [1.807, 2.05) is 13.8 Å². The summed E-state index contributed by atoms with van der Waals surface area (Å²) in [7, 11) is 0. The first-order valence-corrected chi connectivity index (χ1v) is 7.10. The molecular weight excluding hydrogens is 224 g/mol. The van der Waals surface area contributed by atoms with Crippen molar-refractivity contribution < 1.29 is 9.47 Å². The summed E-state index contributed by atoms with van der Waals surface area (Å²) >= 11 is 0. The molecule has 0 heterocycles. The van der Waals surface area contributed by atoms with Crippen LogP contribution in [-0.2, 0) is 9.47 Å². The van der Waals surface area contributed by atoms with Gasteiger partial charge in [-0.3, -0.25) is 0 Å². The highest BCUT2D eigenvalue weighted by molar-refractivity contribution is 5.31. The fourth-order valence-electron chi connectivity index (χ4n) is 2.35. The van der Waals surface area contributed by atoms with Crippen LogP contribution in [0.1, 0.15) is 63.9 Å². The SMILES string of the molecule is CCO[C@H](CC)c1ccccc1[C@@H](CC)OCC. The maximum absolute atomic E-state index is 5.84. The van der Waals surface area contributed by atoms with Crippen LogP contribution in [0.4, 0.5) is 0 Å². The van der Waals surface area contributed by atoms with Gasteiger partial charge in [-0.2, -0.15) is 0 Å². The largest absolute Gasteiger partial charge is 0.374 e. The van der Waals surface area contributed by atoms with E-state index in [-0.39, 0.29) is 12.2 Å². The topological polar surface area (TPSA) is 18.5 Å². The van der Waals surface area contributed by atoms with Crippen LogP contribution in [0.15, 0.2) is 24.3 Å². The number of hydrogen-bond acceptors (Lipinski definition) is 2. The summed E-state index contributed by atoms with van der Waals surface area (Å²) in [6.07, 6.45) is 2.35. The van der Waals surface area contributed by atoms with Gasteiger partial charge in [0.05, 0.1) is 12.2 Å². The van der Waals surface area contributed by atoms with Crippen molar-refractivity contribution in [1.29, 1.82) is 0 Å². The van der Waals surface area contributed by atoms with Crippen molar-refractivity contribution in [3.63, 3.8) is 0 Å². The van der Waals surface area contributed by atoms with Gasteiger partial charge >= 0.3 is 0 Å². The van der Waals surface area contributed by atoms with Gasteiger partial charge < -0.3 is 9.47 Å². The summed E-state index contributed by atoms with van der Waals surface area (Å²) in [5, 5.41) is 0. The highest BCUT2D eigenvalue weighted by Crippen LogP contribution is 2.31. The molecule has 0 aliphatic heterocycles. The molecule has 0 aliphatic carbocycles. The monoisotopic (exact) mass is 250 g/mol. The molecule has 0 amide bonds. The Labute approximate surface area is 111 Å². The van der Waals surface area contributed by atoms with Gasteiger partial charge in [0.1, 0.15) is 0 Å². The number of rotatable bonds is 8. The maximum Gasteiger partial charge on any atom is 0.0825 e. The van der Waals surface area contributed by atoms with Gasteiger partial charge in [-0.1, -0.05) is 38.1 Å². The van der Waals surface area contributed by atoms with Crippen molar-refractivity contribution in [2.24, 2.45) is 0 Å². The molecule has 0 unspecified atom stereocenters. The zero-order valence-corrected chi connectivity index (χ0v) is 12.1. The molecule has 102 valence electrons. The minimum atomic E-state index is 0.181. The Hall–Kier alpha value is -0.860. The Balaban J connectivity index is 3.03. The molecule has 0 aromatic heterocycles. The lowest BCUT2D eigenvalue weighted by Crippen LogP contribution is -2.11. The second-order valence-electron chi connectivity index (χ2n) is 4.33. The van der Waals surface area contributed by atoms with Crippen molar-refractivity contribution in [3.8, 4) is 0 Å². The third kappa shape index (κ3) is 3.82. The lowest BCUT2D eigenvalue weighted by atomic mass is 9.95. The van der Waals surface area contributed by atoms with Crippen molar-refractivity contribution in [2.75, 3.05) is 13.2 Å². The minimum Gasteiger partial charge on any atom is -0.374 e. The molecule has 0 saturated heterocycles. The van der Waals surface area contributed by atoms with Crippen molar-refractivity contribution in [1.82, 2.24) is 0 Å². The quantitative estimate of drug-likeness (QED) is 0.668. The van der Waals surface area contributed by atoms with Crippen LogP contribution < -0.4 is 0 Å². The lowest BCUT2D eigenvalue weighted by molar-refractivity contribution is 0.0428. The Morgan fingerprint density at radius 3 is 1.44 bits per heavy atom. The average molecular weight is 250 g/mol. The Kier molecular flexibility index (Phi) is 6.99. The van der Waals surface area contributed by atoms with E-state index in [2.05, 4.69) is 38.1 Å². The first-order chi connectivity index (χ1) is 8.78. The number of benzene rings is 1. The predicted molar refractivity (Wildman–Crippen MR) is 75.8 cm³/mol. The van der Waals surface area contributed by atoms with Gasteiger partial charge in [0.2, 0.25) is 0 Å². The molecule has 1 aromatic rings. The van der Waals surface area contributed by atoms with Crippen molar-refractivity contribution >= 4 is 0 Å². The molecule has 1 rings (SSSR count). The smallest absolute Gasteiger partial charge is 0.0825 e. The molecule has 2 heteroatoms. The van der Waals surface area contributed by atoms with Gasteiger partial charge in [-0.25, -0.2) is 0 Å². The third-order valence-electron chi connectivity index (χ3n) is 3.17. The van der Waals surface area contributed by atoms with E-state index in [1.54, 1.807) is 0 Å². The Morgan fingerprint density at radius 1 is 0.778 bits per heavy atom. The summed E-state index contributed by atoms with van der Waals surface area (Å²) in [5.74, 6) is 0. The molecule has 0 fully saturated rings. The maximum atomic E-state index is 5.84. The molecule has 0 radical (unpaired) electrons. The molecule has 0 bridgehead atoms. The minimum absolute atomic E-state index is 0.181. The van der Waals surface area contributed by atoms with Crippen LogP contribution in [0.2, 0.25) is 0 Å². The molecular formula is C16H26O2. The molecule has 1 aromatic carbocycles. The van der Waals surface area contributed by atoms with Crippen LogP contribution in [0, 0.1) is 0 Å². The zero-order valence-electron chi connectivity index (χ0n) is 12.1. The first kappa shape index (κ1) is 15.2. The highest BCUT2D eigenvalue weighted by atomic mass is 16.5. The van der Waals surface area contributed by atoms with Gasteiger partial charge in [-0.05, 0) is 37.8 Å². The van der Waals surface area contributed by atoms with Crippen molar-refractivity contribution in [2.45, 2.75) is 52.7 Å². The summed E-state index contributed by atoms with van der Waals surface area (Å²) in [4.78, 5) is 0. The number of hydrogen-bond donors (Lipinski definition) is 0. The second kappa shape index (κ2) is 8.28. The standard InChI is InChI=1S/C16H26O2/c1-5-15(17-7-3)13-11-9-10-12-14(13)16(6-2)18-8-4/h9-12,15-16H,5-8H2,1-4H3/t15-,16-/m1/s1. The predicted octanol–water partition coefficient (Wildman–Crippen LogP) is 4.66. The van der Waals surface area contributed by atoms with Crippen LogP contribution in [0.3, 0.4) is 0 Å². The molecule has 0 saturated carbocycles. The second-order valence-corrected chi connectivity index (χ2v) is 4.33. The van der Waals surface area contributed by atoms with E-state index in [4.69, 9.17) is 9.47 Å². The molecule has 0 spiro atoms. The van der Waals surface area contributed by atoms with E-state index in [0.717, 1.165) is 26.1 Å². The molecule has 2 atom stereocenters. The fraction of sp³-hybridized carbons (Fsp3) is 0.625. The molecule has 0 aliphatic rings. The number of ether oxygens (including phenoxy) is 2. The van der Waals surface area contributed by atoms with E-state index in [9.17, 15) is 0 Å². The summed E-state index contributed by atoms with van der Waals surface area (Å²) in [6, 6.07) is 8.50. The van der Waals surface area contributed by atoms with E-state index < -0.39 is 0 Å². The van der Waals surface area contributed by atoms with Gasteiger partial charge in [0, 0.05) is 13.2 Å². The first-order valence-electron chi connectivity index (χ1n) is 7.10. The van der Waals surface area contributed by atoms with Crippen LogP contribution in [0.25, 0.3) is 0 Å². The third-order valence-corrected chi connectivity index (χ3v) is 3.17. The van der Waals surface area contributed by atoms with E-state index >= 15 is 0 Å². The van der Waals surface area contributed by atoms with E-state index in [1.165, 1.54) is 11.1 Å². The molecule has 2 nitrogen and oxygen atoms in total. The summed E-state index contributed by atoms with van der Waals surface area (Å²) < 4.78 is 11.7. The molecule has 0 N–H and O–H groups in total. The molecule has 18 heavy (non-hydrogen) atoms. The van der Waals surface area contributed by atoms with Crippen molar-refractivity contribution in [3.05, 3.63) is 35.4 Å². The van der Waals surface area contributed by atoms with E-state index in [0.29, 0.717) is 0 Å². The van der Waals surface area contributed by atoms with Crippen LogP contribution in [-0.4, -0.2) is 13.2 Å². The Bertz CT molecular complexity index is 303. The van der Waals surface area contributed by atoms with Crippen LogP contribution >= 0.6 is 0 Å². The Morgan fingerprint density at radius 2 is 1.17 bits per heavy atom. The van der Waals surface area contributed by atoms with Gasteiger partial charge in [0.15, 0.2) is 0 Å². The fourth-order valence-corrected chi connectivity index (χ4v) is 2.35. The lowest BCUT2D eigenvalue weighted by Gasteiger charge is -2.24. The normalized spacial score (nSPS) is 14.4. The van der Waals surface area contributed by atoms with Gasteiger partial charge in [-0.15, -0.1) is 0 Å². The average Bonchev–Trinajstić information content (AvgIpc) is 2.42. The van der Waals surface area contributed by atoms with Gasteiger partial charge in [0.25, 0.3) is 0 Å². The zero-order chi connectivity index (χ0) is 13.4.